The Bertz CT molecular complexity index is 466. The van der Waals surface area contributed by atoms with Crippen LogP contribution in [0, 0.1) is 6.92 Å². The molecule has 0 aromatic carbocycles. The lowest BCUT2D eigenvalue weighted by Crippen LogP contribution is -2.25. The molecule has 1 N–H and O–H groups in total. The fourth-order valence-electron chi connectivity index (χ4n) is 0.786. The number of amides is 1. The van der Waals surface area contributed by atoms with E-state index in [1.807, 2.05) is 0 Å². The molecule has 1 aromatic heterocycles. The van der Waals surface area contributed by atoms with Gasteiger partial charge in [-0.2, -0.15) is 0 Å². The Morgan fingerprint density at radius 3 is 2.50 bits per heavy atom. The number of hydrogen-bond acceptors (Lipinski definition) is 5. The van der Waals surface area contributed by atoms with Crippen LogP contribution < -0.4 is 10.4 Å². The molecule has 1 amide bonds. The Morgan fingerprint density at radius 1 is 1.44 bits per heavy atom. The van der Waals surface area contributed by atoms with Crippen LogP contribution in [-0.2, 0) is 9.59 Å². The third-order valence-corrected chi connectivity index (χ3v) is 2.24. The SMILES string of the molecule is Cc1cc(NC(=O)/C(Cl)=C(\Cl)C(=O)[O-])no1. The summed E-state index contributed by atoms with van der Waals surface area (Å²) in [5, 5.41) is 14.4. The van der Waals surface area contributed by atoms with Gasteiger partial charge in [0, 0.05) is 6.07 Å². The topological polar surface area (TPSA) is 95.3 Å². The minimum absolute atomic E-state index is 0.100. The van der Waals surface area contributed by atoms with Gasteiger partial charge < -0.3 is 19.7 Å². The maximum atomic E-state index is 11.3. The lowest BCUT2D eigenvalue weighted by molar-refractivity contribution is -0.298. The Balaban J connectivity index is 2.81. The Kier molecular flexibility index (Phi) is 3.92. The van der Waals surface area contributed by atoms with Crippen molar-refractivity contribution < 1.29 is 19.2 Å². The highest BCUT2D eigenvalue weighted by molar-refractivity contribution is 6.54. The first-order valence-electron chi connectivity index (χ1n) is 3.93. The van der Waals surface area contributed by atoms with E-state index in [-0.39, 0.29) is 5.82 Å². The quantitative estimate of drug-likeness (QED) is 0.795. The summed E-state index contributed by atoms with van der Waals surface area (Å²) in [5.74, 6) is -2.08. The molecule has 1 aromatic rings. The molecule has 0 saturated carbocycles. The van der Waals surface area contributed by atoms with Gasteiger partial charge in [-0.1, -0.05) is 28.4 Å². The van der Waals surface area contributed by atoms with Gasteiger partial charge >= 0.3 is 0 Å². The van der Waals surface area contributed by atoms with Gasteiger partial charge in [-0.15, -0.1) is 0 Å². The average Bonchev–Trinajstić information content (AvgIpc) is 2.61. The number of aliphatic carboxylic acids is 1. The predicted molar refractivity (Wildman–Crippen MR) is 53.6 cm³/mol. The second kappa shape index (κ2) is 5.00. The summed E-state index contributed by atoms with van der Waals surface area (Å²) < 4.78 is 4.67. The molecular formula is C8H5Cl2N2O4-. The second-order valence-corrected chi connectivity index (χ2v) is 3.45. The lowest BCUT2D eigenvalue weighted by Gasteiger charge is -2.03. The Hall–Kier alpha value is -1.53. The minimum Gasteiger partial charge on any atom is -0.544 e. The second-order valence-electron chi connectivity index (χ2n) is 2.69. The molecule has 16 heavy (non-hydrogen) atoms. The van der Waals surface area contributed by atoms with Gasteiger partial charge in [0.25, 0.3) is 5.91 Å². The van der Waals surface area contributed by atoms with Crippen molar-refractivity contribution >= 4 is 40.9 Å². The smallest absolute Gasteiger partial charge is 0.270 e. The van der Waals surface area contributed by atoms with Crippen molar-refractivity contribution in [3.8, 4) is 0 Å². The monoisotopic (exact) mass is 263 g/mol. The molecule has 1 heterocycles. The Labute approximate surface area is 99.8 Å². The van der Waals surface area contributed by atoms with Gasteiger partial charge in [-0.3, -0.25) is 4.79 Å². The third kappa shape index (κ3) is 2.98. The van der Waals surface area contributed by atoms with Gasteiger partial charge in [-0.25, -0.2) is 0 Å². The molecule has 0 radical (unpaired) electrons. The first-order valence-corrected chi connectivity index (χ1v) is 4.68. The number of carbonyl (C=O) groups is 2. The van der Waals surface area contributed by atoms with Crippen molar-refractivity contribution in [2.45, 2.75) is 6.92 Å². The number of carbonyl (C=O) groups excluding carboxylic acids is 2. The van der Waals surface area contributed by atoms with Crippen LogP contribution in [0.2, 0.25) is 0 Å². The Morgan fingerprint density at radius 2 is 2.06 bits per heavy atom. The molecule has 1 rings (SSSR count). The molecule has 0 aliphatic heterocycles. The van der Waals surface area contributed by atoms with E-state index in [0.29, 0.717) is 5.76 Å². The number of nitrogens with zero attached hydrogens (tertiary/aromatic N) is 1. The standard InChI is InChI=1S/C8H6Cl2N2O4/c1-3-2-4(12-16-3)11-7(13)5(9)6(10)8(14)15/h2H,1H3,(H,14,15)(H,11,12,13)/p-1/b6-5+. The zero-order valence-electron chi connectivity index (χ0n) is 7.91. The molecule has 0 aliphatic rings. The summed E-state index contributed by atoms with van der Waals surface area (Å²) in [7, 11) is 0. The summed E-state index contributed by atoms with van der Waals surface area (Å²) in [4.78, 5) is 21.6. The number of rotatable bonds is 3. The van der Waals surface area contributed by atoms with Crippen LogP contribution in [0.4, 0.5) is 5.82 Å². The lowest BCUT2D eigenvalue weighted by atomic mass is 10.4. The van der Waals surface area contributed by atoms with Crippen LogP contribution in [0.1, 0.15) is 5.76 Å². The van der Waals surface area contributed by atoms with Crippen LogP contribution in [0.5, 0.6) is 0 Å². The molecule has 6 nitrogen and oxygen atoms in total. The van der Waals surface area contributed by atoms with Crippen molar-refractivity contribution in [1.82, 2.24) is 5.16 Å². The molecule has 0 aliphatic carbocycles. The van der Waals surface area contributed by atoms with Gasteiger partial charge in [0.05, 0.1) is 11.0 Å². The maximum absolute atomic E-state index is 11.3. The van der Waals surface area contributed by atoms with E-state index in [1.165, 1.54) is 6.07 Å². The highest BCUT2D eigenvalue weighted by Crippen LogP contribution is 2.16. The zero-order valence-corrected chi connectivity index (χ0v) is 9.43. The van der Waals surface area contributed by atoms with E-state index < -0.39 is 21.9 Å². The van der Waals surface area contributed by atoms with Crippen molar-refractivity contribution in [3.05, 3.63) is 21.9 Å². The van der Waals surface area contributed by atoms with Crippen LogP contribution in [-0.4, -0.2) is 17.0 Å². The number of carboxylic acid groups (broad SMARTS) is 1. The highest BCUT2D eigenvalue weighted by atomic mass is 35.5. The largest absolute Gasteiger partial charge is 0.544 e. The van der Waals surface area contributed by atoms with E-state index >= 15 is 0 Å². The number of nitrogens with one attached hydrogen (secondary N) is 1. The number of halogens is 2. The summed E-state index contributed by atoms with van der Waals surface area (Å²) in [5.41, 5.74) is 0. The van der Waals surface area contributed by atoms with Gasteiger partial charge in [-0.05, 0) is 6.92 Å². The van der Waals surface area contributed by atoms with Crippen LogP contribution in [0.25, 0.3) is 0 Å². The molecule has 0 saturated heterocycles. The van der Waals surface area contributed by atoms with Crippen molar-refractivity contribution in [2.75, 3.05) is 5.32 Å². The maximum Gasteiger partial charge on any atom is 0.270 e. The van der Waals surface area contributed by atoms with Crippen molar-refractivity contribution in [2.24, 2.45) is 0 Å². The first-order chi connectivity index (χ1) is 7.41. The molecule has 0 atom stereocenters. The number of carboxylic acids is 1. The number of aromatic nitrogens is 1. The normalized spacial score (nSPS) is 11.9. The zero-order chi connectivity index (χ0) is 12.3. The molecule has 8 heteroatoms. The summed E-state index contributed by atoms with van der Waals surface area (Å²) in [6.07, 6.45) is 0. The fourth-order valence-corrected chi connectivity index (χ4v) is 0.996. The van der Waals surface area contributed by atoms with Crippen molar-refractivity contribution in [3.63, 3.8) is 0 Å². The summed E-state index contributed by atoms with van der Waals surface area (Å²) in [6.45, 7) is 1.62. The number of anilines is 1. The highest BCUT2D eigenvalue weighted by Gasteiger charge is 2.14. The van der Waals surface area contributed by atoms with Crippen LogP contribution in [0.15, 0.2) is 20.7 Å². The average molecular weight is 264 g/mol. The van der Waals surface area contributed by atoms with Crippen LogP contribution in [0.3, 0.4) is 0 Å². The summed E-state index contributed by atoms with van der Waals surface area (Å²) in [6, 6.07) is 1.43. The minimum atomic E-state index is -1.74. The molecule has 0 fully saturated rings. The fraction of sp³-hybridized carbons (Fsp3) is 0.125. The molecule has 0 bridgehead atoms. The third-order valence-electron chi connectivity index (χ3n) is 1.44. The van der Waals surface area contributed by atoms with Gasteiger partial charge in [0.2, 0.25) is 0 Å². The van der Waals surface area contributed by atoms with Crippen LogP contribution >= 0.6 is 23.2 Å². The van der Waals surface area contributed by atoms with E-state index in [9.17, 15) is 14.7 Å². The summed E-state index contributed by atoms with van der Waals surface area (Å²) >= 11 is 10.6. The predicted octanol–water partition coefficient (Wildman–Crippen LogP) is 0.361. The molecule has 0 unspecified atom stereocenters. The molecule has 0 spiro atoms. The van der Waals surface area contributed by atoms with E-state index in [4.69, 9.17) is 23.2 Å². The molecule has 86 valence electrons. The van der Waals surface area contributed by atoms with Gasteiger partial charge in [0.1, 0.15) is 10.8 Å². The number of hydrogen-bond donors (Lipinski definition) is 1. The van der Waals surface area contributed by atoms with Gasteiger partial charge in [0.15, 0.2) is 5.82 Å². The molecular weight excluding hydrogens is 259 g/mol. The van der Waals surface area contributed by atoms with E-state index in [0.717, 1.165) is 0 Å². The van der Waals surface area contributed by atoms with E-state index in [1.54, 1.807) is 6.92 Å². The van der Waals surface area contributed by atoms with Crippen molar-refractivity contribution in [1.29, 1.82) is 0 Å². The van der Waals surface area contributed by atoms with E-state index in [2.05, 4.69) is 15.0 Å². The number of aryl methyl sites for hydroxylation is 1. The first kappa shape index (κ1) is 12.5.